The van der Waals surface area contributed by atoms with E-state index in [1.165, 1.54) is 12.8 Å². The molecule has 0 saturated heterocycles. The Morgan fingerprint density at radius 2 is 2.28 bits per heavy atom. The first kappa shape index (κ1) is 13.4. The second-order valence-electron chi connectivity index (χ2n) is 4.43. The molecule has 2 unspecified atom stereocenters. The molecule has 1 aromatic heterocycles. The normalized spacial score (nSPS) is 23.3. The Bertz CT molecular complexity index is 433. The summed E-state index contributed by atoms with van der Waals surface area (Å²) in [5.41, 5.74) is 0. The van der Waals surface area contributed by atoms with Gasteiger partial charge in [-0.1, -0.05) is 6.42 Å². The lowest BCUT2D eigenvalue weighted by atomic mass is 10.2. The molecular weight excluding hydrogens is 250 g/mol. The largest absolute Gasteiger partial charge is 0.460 e. The van der Waals surface area contributed by atoms with Gasteiger partial charge in [-0.25, -0.2) is 4.79 Å². The van der Waals surface area contributed by atoms with Gasteiger partial charge in [0, 0.05) is 11.3 Å². The second kappa shape index (κ2) is 5.73. The van der Waals surface area contributed by atoms with Crippen molar-refractivity contribution in [1.29, 1.82) is 0 Å². The van der Waals surface area contributed by atoms with Gasteiger partial charge in [0.1, 0.15) is 5.82 Å². The van der Waals surface area contributed by atoms with Crippen LogP contribution in [0.1, 0.15) is 48.7 Å². The van der Waals surface area contributed by atoms with Crippen molar-refractivity contribution < 1.29 is 9.53 Å². The molecule has 2 rings (SSSR count). The predicted octanol–water partition coefficient (Wildman–Crippen LogP) is 2.22. The number of thioether (sulfide) groups is 1. The van der Waals surface area contributed by atoms with Crippen molar-refractivity contribution in [2.24, 2.45) is 0 Å². The lowest BCUT2D eigenvalue weighted by Gasteiger charge is -2.21. The Kier molecular flexibility index (Phi) is 4.27. The number of aromatic nitrogens is 3. The van der Waals surface area contributed by atoms with Crippen molar-refractivity contribution in [2.75, 3.05) is 12.9 Å². The van der Waals surface area contributed by atoms with Gasteiger partial charge < -0.3 is 9.30 Å². The van der Waals surface area contributed by atoms with Gasteiger partial charge in [0.25, 0.3) is 0 Å². The first-order valence-electron chi connectivity index (χ1n) is 6.30. The highest BCUT2D eigenvalue weighted by atomic mass is 32.2. The molecule has 1 aliphatic rings. The van der Waals surface area contributed by atoms with Crippen LogP contribution in [0.5, 0.6) is 0 Å². The quantitative estimate of drug-likeness (QED) is 0.784. The van der Waals surface area contributed by atoms with E-state index in [-0.39, 0.29) is 5.97 Å². The monoisotopic (exact) mass is 269 g/mol. The van der Waals surface area contributed by atoms with E-state index in [9.17, 15) is 4.79 Å². The summed E-state index contributed by atoms with van der Waals surface area (Å²) in [6.45, 7) is 4.05. The minimum absolute atomic E-state index is 0.314. The van der Waals surface area contributed by atoms with Crippen LogP contribution in [0, 0.1) is 6.92 Å². The maximum absolute atomic E-state index is 11.9. The van der Waals surface area contributed by atoms with Crippen molar-refractivity contribution in [3.63, 3.8) is 0 Å². The van der Waals surface area contributed by atoms with Crippen molar-refractivity contribution >= 4 is 17.7 Å². The highest BCUT2D eigenvalue weighted by molar-refractivity contribution is 7.99. The van der Waals surface area contributed by atoms with Crippen molar-refractivity contribution in [3.8, 4) is 0 Å². The summed E-state index contributed by atoms with van der Waals surface area (Å²) in [4.78, 5) is 11.9. The Morgan fingerprint density at radius 1 is 1.50 bits per heavy atom. The molecule has 1 saturated carbocycles. The van der Waals surface area contributed by atoms with E-state index < -0.39 is 0 Å². The third-order valence-electron chi connectivity index (χ3n) is 3.38. The van der Waals surface area contributed by atoms with Crippen molar-refractivity contribution in [1.82, 2.24) is 14.8 Å². The molecule has 0 bridgehead atoms. The predicted molar refractivity (Wildman–Crippen MR) is 70.9 cm³/mol. The molecular formula is C12H19N3O2S. The van der Waals surface area contributed by atoms with Crippen molar-refractivity contribution in [2.45, 2.75) is 44.4 Å². The maximum Gasteiger partial charge on any atom is 0.376 e. The standard InChI is InChI=1S/C12H19N3O2S/c1-4-17-12(16)11-14-13-8(2)15(11)9-6-5-7-10(9)18-3/h9-10H,4-7H2,1-3H3. The molecule has 1 heterocycles. The van der Waals surface area contributed by atoms with Crippen LogP contribution in [0.3, 0.4) is 0 Å². The summed E-state index contributed by atoms with van der Waals surface area (Å²) in [7, 11) is 0. The van der Waals surface area contributed by atoms with Crippen LogP contribution in [0.15, 0.2) is 0 Å². The molecule has 0 N–H and O–H groups in total. The minimum Gasteiger partial charge on any atom is -0.460 e. The average molecular weight is 269 g/mol. The fourth-order valence-electron chi connectivity index (χ4n) is 2.58. The lowest BCUT2D eigenvalue weighted by Crippen LogP contribution is -2.22. The number of aryl methyl sites for hydroxylation is 1. The molecule has 2 atom stereocenters. The summed E-state index contributed by atoms with van der Waals surface area (Å²) < 4.78 is 7.01. The SMILES string of the molecule is CCOC(=O)c1nnc(C)n1C1CCCC1SC. The zero-order valence-electron chi connectivity index (χ0n) is 11.0. The number of esters is 1. The zero-order valence-corrected chi connectivity index (χ0v) is 11.9. The Balaban J connectivity index is 2.31. The average Bonchev–Trinajstić information content (AvgIpc) is 2.94. The number of rotatable bonds is 4. The summed E-state index contributed by atoms with van der Waals surface area (Å²) in [6.07, 6.45) is 5.57. The topological polar surface area (TPSA) is 57.0 Å². The molecule has 5 nitrogen and oxygen atoms in total. The maximum atomic E-state index is 11.9. The number of carbonyl (C=O) groups excluding carboxylic acids is 1. The van der Waals surface area contributed by atoms with Crippen LogP contribution < -0.4 is 0 Å². The molecule has 1 aromatic rings. The van der Waals surface area contributed by atoms with Gasteiger partial charge in [0.15, 0.2) is 0 Å². The van der Waals surface area contributed by atoms with Crippen LogP contribution in [0.4, 0.5) is 0 Å². The molecule has 6 heteroatoms. The van der Waals surface area contributed by atoms with E-state index in [1.807, 2.05) is 23.3 Å². The van der Waals surface area contributed by atoms with E-state index in [2.05, 4.69) is 16.5 Å². The van der Waals surface area contributed by atoms with Gasteiger partial charge in [0.05, 0.1) is 6.61 Å². The van der Waals surface area contributed by atoms with Gasteiger partial charge in [0.2, 0.25) is 5.82 Å². The first-order chi connectivity index (χ1) is 8.69. The fraction of sp³-hybridized carbons (Fsp3) is 0.750. The van der Waals surface area contributed by atoms with E-state index in [1.54, 1.807) is 6.92 Å². The molecule has 0 aromatic carbocycles. The minimum atomic E-state index is -0.371. The van der Waals surface area contributed by atoms with E-state index in [0.717, 1.165) is 12.2 Å². The Labute approximate surface area is 111 Å². The van der Waals surface area contributed by atoms with Crippen LogP contribution in [-0.4, -0.2) is 38.8 Å². The Morgan fingerprint density at radius 3 is 2.94 bits per heavy atom. The second-order valence-corrected chi connectivity index (χ2v) is 5.51. The summed E-state index contributed by atoms with van der Waals surface area (Å²) in [5, 5.41) is 8.55. The van der Waals surface area contributed by atoms with Crippen LogP contribution in [0.25, 0.3) is 0 Å². The molecule has 1 fully saturated rings. The molecule has 0 radical (unpaired) electrons. The summed E-state index contributed by atoms with van der Waals surface area (Å²) >= 11 is 1.85. The van der Waals surface area contributed by atoms with Crippen LogP contribution in [-0.2, 0) is 4.74 Å². The van der Waals surface area contributed by atoms with Crippen LogP contribution >= 0.6 is 11.8 Å². The first-order valence-corrected chi connectivity index (χ1v) is 7.59. The smallest absolute Gasteiger partial charge is 0.376 e. The molecule has 0 aliphatic heterocycles. The lowest BCUT2D eigenvalue weighted by molar-refractivity contribution is 0.0503. The Hall–Kier alpha value is -1.04. The highest BCUT2D eigenvalue weighted by Gasteiger charge is 2.33. The number of nitrogens with zero attached hydrogens (tertiary/aromatic N) is 3. The summed E-state index contributed by atoms with van der Waals surface area (Å²) in [6, 6.07) is 0.314. The number of ether oxygens (including phenoxy) is 1. The van der Waals surface area contributed by atoms with Gasteiger partial charge in [-0.05, 0) is 32.9 Å². The molecule has 100 valence electrons. The van der Waals surface area contributed by atoms with E-state index in [0.29, 0.717) is 23.7 Å². The van der Waals surface area contributed by atoms with Gasteiger partial charge in [-0.2, -0.15) is 11.8 Å². The number of hydrogen-bond acceptors (Lipinski definition) is 5. The number of carbonyl (C=O) groups is 1. The third-order valence-corrected chi connectivity index (χ3v) is 4.53. The van der Waals surface area contributed by atoms with Gasteiger partial charge >= 0.3 is 5.97 Å². The highest BCUT2D eigenvalue weighted by Crippen LogP contribution is 2.38. The third kappa shape index (κ3) is 2.39. The molecule has 0 spiro atoms. The number of hydrogen-bond donors (Lipinski definition) is 0. The van der Waals surface area contributed by atoms with Crippen LogP contribution in [0.2, 0.25) is 0 Å². The summed E-state index contributed by atoms with van der Waals surface area (Å²) in [5.74, 6) is 0.772. The fourth-order valence-corrected chi connectivity index (χ4v) is 3.55. The molecule has 1 aliphatic carbocycles. The van der Waals surface area contributed by atoms with Gasteiger partial charge in [-0.3, -0.25) is 0 Å². The molecule has 18 heavy (non-hydrogen) atoms. The van der Waals surface area contributed by atoms with Crippen molar-refractivity contribution in [3.05, 3.63) is 11.6 Å². The zero-order chi connectivity index (χ0) is 13.1. The molecule has 0 amide bonds. The van der Waals surface area contributed by atoms with Gasteiger partial charge in [-0.15, -0.1) is 10.2 Å². The van der Waals surface area contributed by atoms with E-state index in [4.69, 9.17) is 4.74 Å². The van der Waals surface area contributed by atoms with E-state index >= 15 is 0 Å².